The second-order valence-corrected chi connectivity index (χ2v) is 2.54. The van der Waals surface area contributed by atoms with Crippen LogP contribution < -0.4 is 0 Å². The third kappa shape index (κ3) is 75.0. The molecule has 0 N–H and O–H groups in total. The van der Waals surface area contributed by atoms with Crippen molar-refractivity contribution < 1.29 is 0 Å². The SMILES string of the molecule is C.C.C.C.C.C.CCCCC(C)C. The highest BCUT2D eigenvalue weighted by Crippen LogP contribution is 2.04. The van der Waals surface area contributed by atoms with Gasteiger partial charge in [-0.1, -0.05) is 84.6 Å². The van der Waals surface area contributed by atoms with Gasteiger partial charge >= 0.3 is 0 Å². The third-order valence-electron chi connectivity index (χ3n) is 1.14. The Labute approximate surface area is 91.2 Å². The van der Waals surface area contributed by atoms with Crippen LogP contribution in [-0.4, -0.2) is 0 Å². The fraction of sp³-hybridized carbons (Fsp3) is 1.00. The standard InChI is InChI=1S/C7H16.6CH4/c1-4-5-6-7(2)3;;;;;;/h7H,4-6H2,1-3H3;6*1H4. The lowest BCUT2D eigenvalue weighted by atomic mass is 10.1. The summed E-state index contributed by atoms with van der Waals surface area (Å²) in [5.74, 6) is 0.903. The Kier molecular flexibility index (Phi) is 161. The van der Waals surface area contributed by atoms with E-state index in [1.807, 2.05) is 0 Å². The average molecular weight is 196 g/mol. The van der Waals surface area contributed by atoms with Gasteiger partial charge in [0, 0.05) is 0 Å². The Hall–Kier alpha value is 0. The largest absolute Gasteiger partial charge is 0.0776 e. The summed E-state index contributed by atoms with van der Waals surface area (Å²) in [5, 5.41) is 0. The maximum atomic E-state index is 2.27. The van der Waals surface area contributed by atoms with Gasteiger partial charge in [-0.15, -0.1) is 0 Å². The molecule has 13 heavy (non-hydrogen) atoms. The summed E-state index contributed by atoms with van der Waals surface area (Å²) in [5.41, 5.74) is 0. The quantitative estimate of drug-likeness (QED) is 0.474. The number of hydrogen-bond donors (Lipinski definition) is 0. The highest BCUT2D eigenvalue weighted by molar-refractivity contribution is 4.42. The number of unbranched alkanes of at least 4 members (excludes halogenated alkanes) is 1. The zero-order valence-electron chi connectivity index (χ0n) is 5.70. The molecule has 0 aliphatic rings. The van der Waals surface area contributed by atoms with Crippen LogP contribution in [0.4, 0.5) is 0 Å². The van der Waals surface area contributed by atoms with E-state index >= 15 is 0 Å². The lowest BCUT2D eigenvalue weighted by molar-refractivity contribution is 0.550. The topological polar surface area (TPSA) is 0 Å². The summed E-state index contributed by atoms with van der Waals surface area (Å²) >= 11 is 0. The van der Waals surface area contributed by atoms with E-state index in [4.69, 9.17) is 0 Å². The van der Waals surface area contributed by atoms with Crippen molar-refractivity contribution in [1.82, 2.24) is 0 Å². The zero-order chi connectivity index (χ0) is 5.70. The third-order valence-corrected chi connectivity index (χ3v) is 1.14. The Morgan fingerprint density at radius 2 is 1.08 bits per heavy atom. The number of hydrogen-bond acceptors (Lipinski definition) is 0. The fourth-order valence-electron chi connectivity index (χ4n) is 0.612. The van der Waals surface area contributed by atoms with Gasteiger partial charge in [-0.2, -0.15) is 0 Å². The van der Waals surface area contributed by atoms with Gasteiger partial charge in [0.2, 0.25) is 0 Å². The van der Waals surface area contributed by atoms with Crippen molar-refractivity contribution in [3.63, 3.8) is 0 Å². The first kappa shape index (κ1) is 52.0. The van der Waals surface area contributed by atoms with Crippen LogP contribution in [0.2, 0.25) is 0 Å². The van der Waals surface area contributed by atoms with Crippen LogP contribution in [0.5, 0.6) is 0 Å². The van der Waals surface area contributed by atoms with Gasteiger partial charge in [0.1, 0.15) is 0 Å². The Balaban J connectivity index is -0.0000000120. The molecule has 0 saturated heterocycles. The maximum absolute atomic E-state index is 2.27. The van der Waals surface area contributed by atoms with Crippen molar-refractivity contribution >= 4 is 0 Å². The van der Waals surface area contributed by atoms with Crippen LogP contribution in [0.1, 0.15) is 84.6 Å². The molecule has 0 aliphatic carbocycles. The van der Waals surface area contributed by atoms with E-state index in [0.29, 0.717) is 0 Å². The molecule has 0 unspecified atom stereocenters. The molecule has 0 fully saturated rings. The van der Waals surface area contributed by atoms with Crippen LogP contribution in [0, 0.1) is 5.92 Å². The van der Waals surface area contributed by atoms with Gasteiger partial charge in [-0.25, -0.2) is 0 Å². The molecule has 0 nitrogen and oxygen atoms in total. The van der Waals surface area contributed by atoms with E-state index in [0.717, 1.165) is 5.92 Å². The smallest absolute Gasteiger partial charge is 0.0471 e. The molecule has 0 saturated carbocycles. The molecule has 0 aromatic heterocycles. The molecule has 0 heteroatoms. The lowest BCUT2D eigenvalue weighted by Gasteiger charge is -1.98. The van der Waals surface area contributed by atoms with Crippen LogP contribution in [-0.2, 0) is 0 Å². The Morgan fingerprint density at radius 1 is 0.769 bits per heavy atom. The van der Waals surface area contributed by atoms with Crippen molar-refractivity contribution in [1.29, 1.82) is 0 Å². The Bertz CT molecular complexity index is 29.0. The second kappa shape index (κ2) is 40.3. The predicted octanol–water partition coefficient (Wildman–Crippen LogP) is 6.65. The highest BCUT2D eigenvalue weighted by Gasteiger charge is 1.88. The van der Waals surface area contributed by atoms with Crippen LogP contribution in [0.25, 0.3) is 0 Å². The van der Waals surface area contributed by atoms with Gasteiger partial charge in [0.25, 0.3) is 0 Å². The molecule has 0 aromatic rings. The minimum absolute atomic E-state index is 0. The van der Waals surface area contributed by atoms with Gasteiger partial charge in [-0.05, 0) is 5.92 Å². The molecule has 0 rings (SSSR count). The molecule has 0 atom stereocenters. The summed E-state index contributed by atoms with van der Waals surface area (Å²) in [6.45, 7) is 6.79. The molecule has 0 spiro atoms. The van der Waals surface area contributed by atoms with Crippen molar-refractivity contribution in [2.24, 2.45) is 5.92 Å². The lowest BCUT2D eigenvalue weighted by Crippen LogP contribution is -1.83. The van der Waals surface area contributed by atoms with Gasteiger partial charge in [-0.3, -0.25) is 0 Å². The fourth-order valence-corrected chi connectivity index (χ4v) is 0.612. The molecule has 0 aliphatic heterocycles. The molecule has 0 bridgehead atoms. The van der Waals surface area contributed by atoms with E-state index in [1.54, 1.807) is 0 Å². The minimum Gasteiger partial charge on any atom is -0.0776 e. The summed E-state index contributed by atoms with van der Waals surface area (Å²) in [6, 6.07) is 0. The monoisotopic (exact) mass is 196 g/mol. The average Bonchev–Trinajstić information content (AvgIpc) is 1.61. The van der Waals surface area contributed by atoms with Gasteiger partial charge < -0.3 is 0 Å². The minimum atomic E-state index is 0. The molecule has 0 heterocycles. The van der Waals surface area contributed by atoms with E-state index in [9.17, 15) is 0 Å². The summed E-state index contributed by atoms with van der Waals surface area (Å²) in [6.07, 6.45) is 4.15. The molecule has 0 amide bonds. The van der Waals surface area contributed by atoms with E-state index in [-0.39, 0.29) is 44.6 Å². The predicted molar refractivity (Wildman–Crippen MR) is 74.7 cm³/mol. The summed E-state index contributed by atoms with van der Waals surface area (Å²) in [7, 11) is 0. The van der Waals surface area contributed by atoms with Crippen molar-refractivity contribution in [2.75, 3.05) is 0 Å². The summed E-state index contributed by atoms with van der Waals surface area (Å²) < 4.78 is 0. The molecule has 0 aromatic carbocycles. The normalized spacial score (nSPS) is 5.54. The first-order valence-corrected chi connectivity index (χ1v) is 3.27. The van der Waals surface area contributed by atoms with E-state index < -0.39 is 0 Å². The van der Waals surface area contributed by atoms with Crippen molar-refractivity contribution in [3.05, 3.63) is 0 Å². The van der Waals surface area contributed by atoms with E-state index in [1.165, 1.54) is 19.3 Å². The van der Waals surface area contributed by atoms with Crippen LogP contribution in [0.15, 0.2) is 0 Å². The number of rotatable bonds is 3. The Morgan fingerprint density at radius 3 is 1.15 bits per heavy atom. The zero-order valence-corrected chi connectivity index (χ0v) is 5.70. The maximum Gasteiger partial charge on any atom is -0.0471 e. The summed E-state index contributed by atoms with van der Waals surface area (Å²) in [4.78, 5) is 0. The first-order chi connectivity index (χ1) is 3.27. The van der Waals surface area contributed by atoms with Gasteiger partial charge in [0.05, 0.1) is 0 Å². The van der Waals surface area contributed by atoms with Crippen LogP contribution >= 0.6 is 0 Å². The van der Waals surface area contributed by atoms with Gasteiger partial charge in [0.15, 0.2) is 0 Å². The molecule has 0 radical (unpaired) electrons. The second-order valence-electron chi connectivity index (χ2n) is 2.54. The highest BCUT2D eigenvalue weighted by atomic mass is 13.9. The van der Waals surface area contributed by atoms with Crippen molar-refractivity contribution in [3.8, 4) is 0 Å². The van der Waals surface area contributed by atoms with Crippen LogP contribution in [0.3, 0.4) is 0 Å². The van der Waals surface area contributed by atoms with Crippen molar-refractivity contribution in [2.45, 2.75) is 84.6 Å². The molecular weight excluding hydrogens is 156 g/mol. The molecule has 92 valence electrons. The first-order valence-electron chi connectivity index (χ1n) is 3.27. The van der Waals surface area contributed by atoms with E-state index in [2.05, 4.69) is 20.8 Å². The molecular formula is C13H40.